The molecule has 0 radical (unpaired) electrons. The van der Waals surface area contributed by atoms with Crippen molar-refractivity contribution >= 4 is 23.4 Å². The van der Waals surface area contributed by atoms with Crippen molar-refractivity contribution in [3.8, 4) is 6.07 Å². The number of carbonyl (C=O) groups excluding carboxylic acids is 2. The molecule has 1 aromatic carbocycles. The summed E-state index contributed by atoms with van der Waals surface area (Å²) in [7, 11) is 0. The number of nitrogens with one attached hydrogen (secondary N) is 2. The van der Waals surface area contributed by atoms with Gasteiger partial charge < -0.3 is 15.4 Å². The molecule has 2 aromatic rings. The molecule has 1 amide bonds. The molecule has 0 fully saturated rings. The van der Waals surface area contributed by atoms with Gasteiger partial charge in [-0.05, 0) is 37.1 Å². The summed E-state index contributed by atoms with van der Waals surface area (Å²) in [6.45, 7) is 4.22. The lowest BCUT2D eigenvalue weighted by Crippen LogP contribution is -2.18. The van der Waals surface area contributed by atoms with E-state index in [9.17, 15) is 14.9 Å². The van der Waals surface area contributed by atoms with Crippen molar-refractivity contribution < 1.29 is 14.3 Å². The maximum absolute atomic E-state index is 12.4. The summed E-state index contributed by atoms with van der Waals surface area (Å²) in [5, 5.41) is 14.7. The maximum Gasteiger partial charge on any atom is 0.340 e. The number of hydrogen-bond donors (Lipinski definition) is 2. The molecule has 0 saturated heterocycles. The fourth-order valence-electron chi connectivity index (χ4n) is 2.19. The Morgan fingerprint density at radius 3 is 2.71 bits per heavy atom. The zero-order valence-electron chi connectivity index (χ0n) is 15.9. The van der Waals surface area contributed by atoms with E-state index in [0.717, 1.165) is 18.4 Å². The number of esters is 1. The molecule has 7 heteroatoms. The number of benzene rings is 1. The highest BCUT2D eigenvalue weighted by Gasteiger charge is 2.16. The van der Waals surface area contributed by atoms with Crippen molar-refractivity contribution in [2.75, 3.05) is 17.2 Å². The summed E-state index contributed by atoms with van der Waals surface area (Å²) >= 11 is 0. The molecule has 0 atom stereocenters. The van der Waals surface area contributed by atoms with Gasteiger partial charge in [0.1, 0.15) is 17.5 Å². The zero-order valence-corrected chi connectivity index (χ0v) is 15.9. The molecule has 144 valence electrons. The minimum Gasteiger partial charge on any atom is -0.462 e. The largest absolute Gasteiger partial charge is 0.462 e. The smallest absolute Gasteiger partial charge is 0.340 e. The number of para-hydroxylation sites is 1. The van der Waals surface area contributed by atoms with Crippen LogP contribution >= 0.6 is 0 Å². The minimum absolute atomic E-state index is 0.156. The van der Waals surface area contributed by atoms with E-state index in [1.807, 2.05) is 26.0 Å². The molecule has 2 rings (SSSR count). The van der Waals surface area contributed by atoms with Crippen molar-refractivity contribution in [2.45, 2.75) is 26.7 Å². The van der Waals surface area contributed by atoms with Gasteiger partial charge in [0, 0.05) is 12.4 Å². The van der Waals surface area contributed by atoms with E-state index in [-0.39, 0.29) is 16.8 Å². The first-order valence-electron chi connectivity index (χ1n) is 8.92. The standard InChI is InChI=1S/C21H22N4O3/c1-3-4-11-28-21(27)17-7-5-6-8-18(17)25-20(26)16(12-22)14-24-19-10-9-15(2)13-23-19/h5-10,13-14H,3-4,11H2,1-2H3,(H,23,24)(H,25,26)/b16-14-. The number of amides is 1. The Labute approximate surface area is 164 Å². The number of rotatable bonds is 8. The first-order valence-corrected chi connectivity index (χ1v) is 8.92. The van der Waals surface area contributed by atoms with E-state index >= 15 is 0 Å². The predicted octanol–water partition coefficient (Wildman–Crippen LogP) is 3.81. The van der Waals surface area contributed by atoms with E-state index in [0.29, 0.717) is 12.4 Å². The highest BCUT2D eigenvalue weighted by atomic mass is 16.5. The Morgan fingerprint density at radius 1 is 1.25 bits per heavy atom. The SMILES string of the molecule is CCCCOC(=O)c1ccccc1NC(=O)/C(C#N)=C\Nc1ccc(C)cn1. The number of anilines is 2. The number of carbonyl (C=O) groups is 2. The highest BCUT2D eigenvalue weighted by Crippen LogP contribution is 2.17. The highest BCUT2D eigenvalue weighted by molar-refractivity contribution is 6.09. The summed E-state index contributed by atoms with van der Waals surface area (Å²) in [5.41, 5.74) is 1.35. The van der Waals surface area contributed by atoms with E-state index in [2.05, 4.69) is 15.6 Å². The molecule has 0 saturated carbocycles. The van der Waals surface area contributed by atoms with Crippen molar-refractivity contribution in [1.82, 2.24) is 4.98 Å². The fourth-order valence-corrected chi connectivity index (χ4v) is 2.19. The zero-order chi connectivity index (χ0) is 20.4. The van der Waals surface area contributed by atoms with Crippen LogP contribution in [0.4, 0.5) is 11.5 Å². The van der Waals surface area contributed by atoms with Gasteiger partial charge in [0.25, 0.3) is 5.91 Å². The van der Waals surface area contributed by atoms with Gasteiger partial charge in [0.05, 0.1) is 17.9 Å². The van der Waals surface area contributed by atoms with Gasteiger partial charge in [-0.15, -0.1) is 0 Å². The average molecular weight is 378 g/mol. The Morgan fingerprint density at radius 2 is 2.04 bits per heavy atom. The molecular weight excluding hydrogens is 356 g/mol. The molecule has 0 spiro atoms. The number of hydrogen-bond acceptors (Lipinski definition) is 6. The van der Waals surface area contributed by atoms with Crippen LogP contribution in [0.2, 0.25) is 0 Å². The van der Waals surface area contributed by atoms with Crippen LogP contribution < -0.4 is 10.6 Å². The lowest BCUT2D eigenvalue weighted by atomic mass is 10.1. The van der Waals surface area contributed by atoms with Crippen LogP contribution in [0.5, 0.6) is 0 Å². The van der Waals surface area contributed by atoms with Crippen molar-refractivity contribution in [3.63, 3.8) is 0 Å². The molecular formula is C21H22N4O3. The minimum atomic E-state index is -0.643. The summed E-state index contributed by atoms with van der Waals surface area (Å²) in [4.78, 5) is 28.8. The van der Waals surface area contributed by atoms with Gasteiger partial charge in [-0.3, -0.25) is 4.79 Å². The summed E-state index contributed by atoms with van der Waals surface area (Å²) in [6, 6.07) is 11.9. The van der Waals surface area contributed by atoms with Gasteiger partial charge in [-0.2, -0.15) is 5.26 Å². The summed E-state index contributed by atoms with van der Waals surface area (Å²) in [5.74, 6) is -0.657. The van der Waals surface area contributed by atoms with E-state index in [1.165, 1.54) is 6.20 Å². The number of ether oxygens (including phenoxy) is 1. The van der Waals surface area contributed by atoms with Crippen LogP contribution in [0.1, 0.15) is 35.7 Å². The summed E-state index contributed by atoms with van der Waals surface area (Å²) in [6.07, 6.45) is 4.61. The average Bonchev–Trinajstić information content (AvgIpc) is 2.70. The number of aromatic nitrogens is 1. The van der Waals surface area contributed by atoms with E-state index < -0.39 is 11.9 Å². The van der Waals surface area contributed by atoms with E-state index in [4.69, 9.17) is 4.74 Å². The second-order valence-electron chi connectivity index (χ2n) is 6.02. The molecule has 2 N–H and O–H groups in total. The lowest BCUT2D eigenvalue weighted by molar-refractivity contribution is -0.112. The first kappa shape index (κ1) is 20.6. The summed E-state index contributed by atoms with van der Waals surface area (Å²) < 4.78 is 5.20. The number of aryl methyl sites for hydroxylation is 1. The fraction of sp³-hybridized carbons (Fsp3) is 0.238. The number of nitriles is 1. The third kappa shape index (κ3) is 5.95. The molecule has 0 aliphatic heterocycles. The Hall–Kier alpha value is -3.66. The van der Waals surface area contributed by atoms with Gasteiger partial charge >= 0.3 is 5.97 Å². The third-order valence-electron chi connectivity index (χ3n) is 3.77. The quantitative estimate of drug-likeness (QED) is 0.313. The molecule has 28 heavy (non-hydrogen) atoms. The van der Waals surface area contributed by atoms with Gasteiger partial charge in [0.2, 0.25) is 0 Å². The molecule has 1 aromatic heterocycles. The second-order valence-corrected chi connectivity index (χ2v) is 6.02. The first-order chi connectivity index (χ1) is 13.5. The topological polar surface area (TPSA) is 104 Å². The molecule has 7 nitrogen and oxygen atoms in total. The molecule has 0 aliphatic rings. The molecule has 0 unspecified atom stereocenters. The number of unbranched alkanes of at least 4 members (excludes halogenated alkanes) is 1. The van der Waals surface area contributed by atoms with Gasteiger partial charge in [0.15, 0.2) is 0 Å². The van der Waals surface area contributed by atoms with Crippen LogP contribution in [0.3, 0.4) is 0 Å². The van der Waals surface area contributed by atoms with Crippen LogP contribution in [-0.2, 0) is 9.53 Å². The van der Waals surface area contributed by atoms with Crippen LogP contribution in [0.25, 0.3) is 0 Å². The normalized spacial score (nSPS) is 10.7. The lowest BCUT2D eigenvalue weighted by Gasteiger charge is -2.10. The maximum atomic E-state index is 12.4. The monoisotopic (exact) mass is 378 g/mol. The van der Waals surface area contributed by atoms with E-state index in [1.54, 1.807) is 36.5 Å². The molecule has 0 bridgehead atoms. The third-order valence-corrected chi connectivity index (χ3v) is 3.77. The Bertz CT molecular complexity index is 899. The van der Waals surface area contributed by atoms with Gasteiger partial charge in [-0.25, -0.2) is 9.78 Å². The van der Waals surface area contributed by atoms with Crippen molar-refractivity contribution in [2.24, 2.45) is 0 Å². The van der Waals surface area contributed by atoms with Gasteiger partial charge in [-0.1, -0.05) is 31.5 Å². The predicted molar refractivity (Wildman–Crippen MR) is 107 cm³/mol. The Kier molecular flexibility index (Phi) is 7.73. The molecule has 0 aliphatic carbocycles. The van der Waals surface area contributed by atoms with Crippen LogP contribution in [0.15, 0.2) is 54.4 Å². The van der Waals surface area contributed by atoms with Crippen LogP contribution in [-0.4, -0.2) is 23.5 Å². The van der Waals surface area contributed by atoms with Crippen LogP contribution in [0, 0.1) is 18.3 Å². The molecule has 1 heterocycles. The van der Waals surface area contributed by atoms with Crippen molar-refractivity contribution in [3.05, 3.63) is 65.5 Å². The Balaban J connectivity index is 2.10. The van der Waals surface area contributed by atoms with Crippen molar-refractivity contribution in [1.29, 1.82) is 5.26 Å². The number of pyridine rings is 1. The second kappa shape index (κ2) is 10.5. The number of nitrogens with zero attached hydrogens (tertiary/aromatic N) is 2.